The molecule has 0 saturated carbocycles. The van der Waals surface area contributed by atoms with E-state index in [1.54, 1.807) is 24.3 Å². The topological polar surface area (TPSA) is 59.1 Å². The number of ether oxygens (including phenoxy) is 2. The van der Waals surface area contributed by atoms with Crippen molar-refractivity contribution in [2.75, 3.05) is 37.7 Å². The van der Waals surface area contributed by atoms with Crippen LogP contribution in [0.1, 0.15) is 31.2 Å². The molecule has 0 spiro atoms. The van der Waals surface area contributed by atoms with Gasteiger partial charge in [-0.05, 0) is 74.8 Å². The van der Waals surface area contributed by atoms with Crippen molar-refractivity contribution in [1.29, 1.82) is 0 Å². The van der Waals surface area contributed by atoms with Crippen LogP contribution in [0.4, 0.5) is 14.5 Å². The van der Waals surface area contributed by atoms with Crippen molar-refractivity contribution in [3.63, 3.8) is 0 Å². The van der Waals surface area contributed by atoms with Crippen molar-refractivity contribution in [3.8, 4) is 11.5 Å². The number of methoxy groups -OCH3 is 1. The first-order valence-corrected chi connectivity index (χ1v) is 13.9. The van der Waals surface area contributed by atoms with Crippen molar-refractivity contribution < 1.29 is 26.7 Å². The maximum Gasteiger partial charge on any atom is 0.264 e. The number of likely N-dealkylation sites (tertiary alicyclic amines) is 1. The van der Waals surface area contributed by atoms with Gasteiger partial charge >= 0.3 is 0 Å². The molecule has 0 atom stereocenters. The highest BCUT2D eigenvalue weighted by molar-refractivity contribution is 7.92. The summed E-state index contributed by atoms with van der Waals surface area (Å²) in [6, 6.07) is 15.6. The zero-order chi connectivity index (χ0) is 26.3. The van der Waals surface area contributed by atoms with Gasteiger partial charge in [0, 0.05) is 18.2 Å². The number of para-hydroxylation sites is 1. The van der Waals surface area contributed by atoms with Gasteiger partial charge in [0.25, 0.3) is 10.0 Å². The molecular weight excluding hydrogens is 534 g/mol. The standard InChI is InChI=1S/C28H32F2N2O4S.ClH/c1-35-24-11-13-25(14-12-24)37(33,34)32(27-20-23(29)10-15-26(27)30)21-22-8-3-4-9-28(22)36-19-7-18-31-16-5-2-6-17-31;/h3-4,8-15,20H,2,5-7,16-19,21H2,1H3;1H. The fraction of sp³-hybridized carbons (Fsp3) is 0.357. The van der Waals surface area contributed by atoms with E-state index in [9.17, 15) is 17.2 Å². The lowest BCUT2D eigenvalue weighted by Gasteiger charge is -2.27. The minimum atomic E-state index is -4.26. The number of nitrogens with zero attached hydrogens (tertiary/aromatic N) is 2. The lowest BCUT2D eigenvalue weighted by molar-refractivity contribution is 0.204. The minimum Gasteiger partial charge on any atom is -0.497 e. The van der Waals surface area contributed by atoms with Crippen LogP contribution in [0.2, 0.25) is 0 Å². The Bertz CT molecular complexity index is 1290. The van der Waals surface area contributed by atoms with E-state index in [4.69, 9.17) is 9.47 Å². The fourth-order valence-electron chi connectivity index (χ4n) is 4.43. The van der Waals surface area contributed by atoms with Crippen LogP contribution in [0, 0.1) is 11.6 Å². The highest BCUT2D eigenvalue weighted by Crippen LogP contribution is 2.32. The Kier molecular flexibility index (Phi) is 10.8. The van der Waals surface area contributed by atoms with Crippen LogP contribution in [0.5, 0.6) is 11.5 Å². The predicted molar refractivity (Wildman–Crippen MR) is 147 cm³/mol. The molecule has 1 aliphatic heterocycles. The number of hydrogen-bond acceptors (Lipinski definition) is 5. The van der Waals surface area contributed by atoms with Crippen LogP contribution >= 0.6 is 12.4 Å². The molecule has 1 fully saturated rings. The lowest BCUT2D eigenvalue weighted by Crippen LogP contribution is -2.32. The number of hydrogen-bond donors (Lipinski definition) is 0. The number of anilines is 1. The minimum absolute atomic E-state index is 0. The molecule has 1 aliphatic rings. The average Bonchev–Trinajstić information content (AvgIpc) is 2.92. The summed E-state index contributed by atoms with van der Waals surface area (Å²) in [5.41, 5.74) is 0.164. The Hall–Kier alpha value is -2.88. The summed E-state index contributed by atoms with van der Waals surface area (Å²) >= 11 is 0. The molecule has 38 heavy (non-hydrogen) atoms. The lowest BCUT2D eigenvalue weighted by atomic mass is 10.1. The molecular formula is C28H33ClF2N2O4S. The number of sulfonamides is 1. The van der Waals surface area contributed by atoms with Gasteiger partial charge in [0.05, 0.1) is 30.8 Å². The van der Waals surface area contributed by atoms with Crippen LogP contribution < -0.4 is 13.8 Å². The van der Waals surface area contributed by atoms with E-state index in [1.165, 1.54) is 50.6 Å². The van der Waals surface area contributed by atoms with Gasteiger partial charge in [0.15, 0.2) is 0 Å². The number of rotatable bonds is 11. The molecule has 10 heteroatoms. The normalized spacial score (nSPS) is 14.0. The van der Waals surface area contributed by atoms with Gasteiger partial charge in [-0.2, -0.15) is 0 Å². The molecule has 1 saturated heterocycles. The Morgan fingerprint density at radius 3 is 2.37 bits per heavy atom. The van der Waals surface area contributed by atoms with Gasteiger partial charge in [0.2, 0.25) is 0 Å². The second-order valence-corrected chi connectivity index (χ2v) is 10.9. The van der Waals surface area contributed by atoms with Crippen LogP contribution in [0.15, 0.2) is 71.6 Å². The molecule has 3 aromatic carbocycles. The molecule has 0 N–H and O–H groups in total. The largest absolute Gasteiger partial charge is 0.497 e. The monoisotopic (exact) mass is 566 g/mol. The van der Waals surface area contributed by atoms with Gasteiger partial charge < -0.3 is 14.4 Å². The van der Waals surface area contributed by atoms with E-state index in [0.717, 1.165) is 48.6 Å². The first kappa shape index (κ1) is 29.7. The third kappa shape index (κ3) is 7.36. The van der Waals surface area contributed by atoms with Crippen LogP contribution in [-0.2, 0) is 16.6 Å². The highest BCUT2D eigenvalue weighted by Gasteiger charge is 2.29. The highest BCUT2D eigenvalue weighted by atomic mass is 35.5. The third-order valence-electron chi connectivity index (χ3n) is 6.44. The van der Waals surface area contributed by atoms with Crippen LogP contribution in [-0.4, -0.2) is 46.7 Å². The zero-order valence-corrected chi connectivity index (χ0v) is 22.9. The van der Waals surface area contributed by atoms with Crippen LogP contribution in [0.25, 0.3) is 0 Å². The summed E-state index contributed by atoms with van der Waals surface area (Å²) in [6.45, 7) is 3.38. The summed E-state index contributed by atoms with van der Waals surface area (Å²) in [7, 11) is -2.79. The van der Waals surface area contributed by atoms with Gasteiger partial charge in [-0.1, -0.05) is 24.6 Å². The first-order valence-electron chi connectivity index (χ1n) is 12.4. The van der Waals surface area contributed by atoms with Crippen LogP contribution in [0.3, 0.4) is 0 Å². The number of benzene rings is 3. The molecule has 6 nitrogen and oxygen atoms in total. The average molecular weight is 567 g/mol. The maximum atomic E-state index is 14.9. The van der Waals surface area contributed by atoms with Crippen molar-refractivity contribution in [1.82, 2.24) is 4.90 Å². The van der Waals surface area contributed by atoms with Crippen molar-refractivity contribution in [3.05, 3.63) is 83.9 Å². The molecule has 0 aromatic heterocycles. The van der Waals surface area contributed by atoms with E-state index in [2.05, 4.69) is 4.90 Å². The SMILES string of the molecule is COc1ccc(S(=O)(=O)N(Cc2ccccc2OCCCN2CCCCC2)c2cc(F)ccc2F)cc1.Cl. The molecule has 0 radical (unpaired) electrons. The molecule has 1 heterocycles. The predicted octanol–water partition coefficient (Wildman–Crippen LogP) is 6.05. The molecule has 0 aliphatic carbocycles. The molecule has 0 amide bonds. The van der Waals surface area contributed by atoms with E-state index in [0.29, 0.717) is 23.7 Å². The Morgan fingerprint density at radius 1 is 0.947 bits per heavy atom. The van der Waals surface area contributed by atoms with Crippen molar-refractivity contribution in [2.24, 2.45) is 0 Å². The summed E-state index contributed by atoms with van der Waals surface area (Å²) in [5, 5.41) is 0. The Balaban J connectivity index is 0.00000400. The molecule has 0 unspecified atom stereocenters. The smallest absolute Gasteiger partial charge is 0.264 e. The van der Waals surface area contributed by atoms with Gasteiger partial charge in [-0.15, -0.1) is 12.4 Å². The summed E-state index contributed by atoms with van der Waals surface area (Å²) in [6.07, 6.45) is 4.56. The Morgan fingerprint density at radius 2 is 1.66 bits per heavy atom. The second kappa shape index (κ2) is 13.8. The molecule has 3 aromatic rings. The van der Waals surface area contributed by atoms with E-state index in [1.807, 2.05) is 0 Å². The third-order valence-corrected chi connectivity index (χ3v) is 8.21. The molecule has 206 valence electrons. The van der Waals surface area contributed by atoms with E-state index in [-0.39, 0.29) is 29.5 Å². The van der Waals surface area contributed by atoms with Crippen molar-refractivity contribution in [2.45, 2.75) is 37.1 Å². The van der Waals surface area contributed by atoms with Crippen molar-refractivity contribution >= 4 is 28.1 Å². The first-order chi connectivity index (χ1) is 17.9. The Labute approximate surface area is 229 Å². The summed E-state index contributed by atoms with van der Waals surface area (Å²) in [5.74, 6) is -0.606. The summed E-state index contributed by atoms with van der Waals surface area (Å²) < 4.78 is 68.5. The maximum absolute atomic E-state index is 14.9. The van der Waals surface area contributed by atoms with E-state index >= 15 is 0 Å². The van der Waals surface area contributed by atoms with Gasteiger partial charge in [-0.25, -0.2) is 17.2 Å². The van der Waals surface area contributed by atoms with Gasteiger partial charge in [0.1, 0.15) is 23.1 Å². The fourth-order valence-corrected chi connectivity index (χ4v) is 5.88. The molecule has 0 bridgehead atoms. The van der Waals surface area contributed by atoms with Gasteiger partial charge in [-0.3, -0.25) is 4.31 Å². The quantitative estimate of drug-likeness (QED) is 0.265. The zero-order valence-electron chi connectivity index (χ0n) is 21.3. The summed E-state index contributed by atoms with van der Waals surface area (Å²) in [4.78, 5) is 2.35. The molecule has 4 rings (SSSR count). The second-order valence-electron chi connectivity index (χ2n) is 8.99. The number of piperidine rings is 1. The van der Waals surface area contributed by atoms with E-state index < -0.39 is 21.7 Å². The number of halogens is 3.